The van der Waals surface area contributed by atoms with Crippen molar-refractivity contribution in [2.24, 2.45) is 11.7 Å². The van der Waals surface area contributed by atoms with Crippen molar-refractivity contribution in [3.8, 4) is 0 Å². The molecule has 1 atom stereocenters. The summed E-state index contributed by atoms with van der Waals surface area (Å²) in [6.07, 6.45) is 3.09. The monoisotopic (exact) mass is 203 g/mol. The molecule has 0 aliphatic heterocycles. The summed E-state index contributed by atoms with van der Waals surface area (Å²) in [6, 6.07) is -0.0453. The minimum atomic E-state index is -2.44. The minimum Gasteiger partial charge on any atom is -0.324 e. The Morgan fingerprint density at radius 2 is 1.86 bits per heavy atom. The highest BCUT2D eigenvalue weighted by molar-refractivity contribution is 5.03. The highest BCUT2D eigenvalue weighted by Crippen LogP contribution is 2.37. The summed E-state index contributed by atoms with van der Waals surface area (Å²) >= 11 is 0. The third kappa shape index (κ3) is 3.37. The maximum Gasteiger partial charge on any atom is 0.248 e. The highest BCUT2D eigenvalue weighted by atomic mass is 19.3. The van der Waals surface area contributed by atoms with Crippen LogP contribution >= 0.6 is 0 Å². The molecule has 0 spiro atoms. The first-order valence-electron chi connectivity index (χ1n) is 5.19. The van der Waals surface area contributed by atoms with Crippen LogP contribution in [0.4, 0.5) is 8.78 Å². The molecule has 3 heteroatoms. The molecule has 2 N–H and O–H groups in total. The van der Waals surface area contributed by atoms with Gasteiger partial charge < -0.3 is 5.73 Å². The van der Waals surface area contributed by atoms with Gasteiger partial charge in [-0.25, -0.2) is 8.78 Å². The second-order valence-corrected chi connectivity index (χ2v) is 4.51. The van der Waals surface area contributed by atoms with E-state index >= 15 is 0 Å². The van der Waals surface area contributed by atoms with Crippen LogP contribution in [-0.2, 0) is 0 Å². The Bertz CT molecular complexity index is 209. The van der Waals surface area contributed by atoms with E-state index in [-0.39, 0.29) is 24.8 Å². The predicted molar refractivity (Wildman–Crippen MR) is 54.3 cm³/mol. The van der Waals surface area contributed by atoms with Gasteiger partial charge >= 0.3 is 0 Å². The zero-order chi connectivity index (χ0) is 10.8. The molecule has 1 rings (SSSR count). The molecule has 0 aromatic rings. The average Bonchev–Trinajstić information content (AvgIpc) is 2.02. The number of allylic oxidation sites excluding steroid dienone is 1. The van der Waals surface area contributed by atoms with E-state index < -0.39 is 5.92 Å². The first kappa shape index (κ1) is 11.6. The average molecular weight is 203 g/mol. The summed E-state index contributed by atoms with van der Waals surface area (Å²) in [5.74, 6) is -2.20. The highest BCUT2D eigenvalue weighted by Gasteiger charge is 2.36. The second-order valence-electron chi connectivity index (χ2n) is 4.51. The van der Waals surface area contributed by atoms with Crippen molar-refractivity contribution in [2.45, 2.75) is 51.5 Å². The van der Waals surface area contributed by atoms with Crippen molar-refractivity contribution in [3.05, 3.63) is 11.6 Å². The largest absolute Gasteiger partial charge is 0.324 e. The summed E-state index contributed by atoms with van der Waals surface area (Å²) in [5.41, 5.74) is 7.08. The molecule has 14 heavy (non-hydrogen) atoms. The fourth-order valence-electron chi connectivity index (χ4n) is 1.97. The number of hydrogen-bond acceptors (Lipinski definition) is 1. The molecule has 0 saturated heterocycles. The van der Waals surface area contributed by atoms with Crippen LogP contribution in [0, 0.1) is 5.92 Å². The first-order chi connectivity index (χ1) is 6.41. The van der Waals surface area contributed by atoms with Crippen LogP contribution in [0.1, 0.15) is 39.5 Å². The van der Waals surface area contributed by atoms with Crippen molar-refractivity contribution < 1.29 is 8.78 Å². The van der Waals surface area contributed by atoms with Gasteiger partial charge in [0, 0.05) is 18.9 Å². The Morgan fingerprint density at radius 3 is 2.29 bits per heavy atom. The Balaban J connectivity index is 2.46. The van der Waals surface area contributed by atoms with E-state index in [2.05, 4.69) is 0 Å². The molecule has 1 fully saturated rings. The molecule has 1 aliphatic carbocycles. The summed E-state index contributed by atoms with van der Waals surface area (Å²) in [5, 5.41) is 0. The molecule has 0 radical (unpaired) electrons. The van der Waals surface area contributed by atoms with Crippen molar-refractivity contribution >= 4 is 0 Å². The van der Waals surface area contributed by atoms with E-state index in [0.29, 0.717) is 12.8 Å². The third-order valence-corrected chi connectivity index (χ3v) is 2.83. The maximum absolute atomic E-state index is 12.8. The van der Waals surface area contributed by atoms with Gasteiger partial charge in [0.05, 0.1) is 0 Å². The van der Waals surface area contributed by atoms with Crippen molar-refractivity contribution in [1.82, 2.24) is 0 Å². The molecule has 0 aromatic carbocycles. The number of halogens is 2. The molecular weight excluding hydrogens is 184 g/mol. The molecule has 0 amide bonds. The van der Waals surface area contributed by atoms with Crippen LogP contribution < -0.4 is 5.73 Å². The van der Waals surface area contributed by atoms with E-state index in [1.165, 1.54) is 0 Å². The van der Waals surface area contributed by atoms with E-state index in [0.717, 1.165) is 5.57 Å². The molecular formula is C11H19F2N. The van der Waals surface area contributed by atoms with Gasteiger partial charge in [0.1, 0.15) is 0 Å². The Labute approximate surface area is 84.4 Å². The normalized spacial score (nSPS) is 24.4. The Hall–Kier alpha value is -0.440. The topological polar surface area (TPSA) is 26.0 Å². The fraction of sp³-hybridized carbons (Fsp3) is 0.818. The van der Waals surface area contributed by atoms with Gasteiger partial charge in [-0.1, -0.05) is 11.6 Å². The maximum atomic E-state index is 12.8. The lowest BCUT2D eigenvalue weighted by Gasteiger charge is -2.30. The smallest absolute Gasteiger partial charge is 0.248 e. The standard InChI is InChI=1S/C11H19F2N/c1-8(2)7-10(14)9-3-5-11(12,13)6-4-9/h7,9-10H,3-6,14H2,1-2H3. The predicted octanol–water partition coefficient (Wildman–Crippen LogP) is 3.11. The quantitative estimate of drug-likeness (QED) is 0.686. The second kappa shape index (κ2) is 4.39. The van der Waals surface area contributed by atoms with Gasteiger partial charge in [-0.15, -0.1) is 0 Å². The lowest BCUT2D eigenvalue weighted by atomic mass is 9.82. The van der Waals surface area contributed by atoms with Crippen molar-refractivity contribution in [1.29, 1.82) is 0 Å². The molecule has 1 unspecified atom stereocenters. The SMILES string of the molecule is CC(C)=CC(N)C1CCC(F)(F)CC1. The van der Waals surface area contributed by atoms with E-state index in [4.69, 9.17) is 5.73 Å². The first-order valence-corrected chi connectivity index (χ1v) is 5.19. The molecule has 0 bridgehead atoms. The van der Waals surface area contributed by atoms with Crippen LogP contribution in [0.3, 0.4) is 0 Å². The molecule has 1 nitrogen and oxygen atoms in total. The Morgan fingerprint density at radius 1 is 1.36 bits per heavy atom. The lowest BCUT2D eigenvalue weighted by Crippen LogP contribution is -2.35. The molecule has 0 aromatic heterocycles. The lowest BCUT2D eigenvalue weighted by molar-refractivity contribution is -0.0467. The van der Waals surface area contributed by atoms with Crippen molar-refractivity contribution in [2.75, 3.05) is 0 Å². The van der Waals surface area contributed by atoms with E-state index in [1.54, 1.807) is 0 Å². The summed E-state index contributed by atoms with van der Waals surface area (Å²) in [4.78, 5) is 0. The summed E-state index contributed by atoms with van der Waals surface area (Å²) < 4.78 is 25.7. The minimum absolute atomic E-state index is 0.00195. The zero-order valence-electron chi connectivity index (χ0n) is 8.89. The van der Waals surface area contributed by atoms with Crippen LogP contribution in [0.2, 0.25) is 0 Å². The Kier molecular flexibility index (Phi) is 3.65. The molecule has 0 heterocycles. The number of hydrogen-bond donors (Lipinski definition) is 1. The molecule has 1 aliphatic rings. The van der Waals surface area contributed by atoms with Crippen LogP contribution in [0.15, 0.2) is 11.6 Å². The summed E-state index contributed by atoms with van der Waals surface area (Å²) in [7, 11) is 0. The van der Waals surface area contributed by atoms with Gasteiger partial charge in [-0.3, -0.25) is 0 Å². The van der Waals surface area contributed by atoms with E-state index in [9.17, 15) is 8.78 Å². The van der Waals surface area contributed by atoms with E-state index in [1.807, 2.05) is 19.9 Å². The molecule has 82 valence electrons. The summed E-state index contributed by atoms with van der Waals surface area (Å²) in [6.45, 7) is 3.97. The zero-order valence-corrected chi connectivity index (χ0v) is 8.89. The van der Waals surface area contributed by atoms with Crippen LogP contribution in [0.5, 0.6) is 0 Å². The van der Waals surface area contributed by atoms with Gasteiger partial charge in [0.25, 0.3) is 0 Å². The fourth-order valence-corrected chi connectivity index (χ4v) is 1.97. The van der Waals surface area contributed by atoms with Gasteiger partial charge in [-0.05, 0) is 32.6 Å². The third-order valence-electron chi connectivity index (χ3n) is 2.83. The number of alkyl halides is 2. The van der Waals surface area contributed by atoms with Gasteiger partial charge in [0.15, 0.2) is 0 Å². The molecule has 1 saturated carbocycles. The van der Waals surface area contributed by atoms with Gasteiger partial charge in [-0.2, -0.15) is 0 Å². The number of nitrogens with two attached hydrogens (primary N) is 1. The van der Waals surface area contributed by atoms with Crippen LogP contribution in [0.25, 0.3) is 0 Å². The van der Waals surface area contributed by atoms with Crippen LogP contribution in [-0.4, -0.2) is 12.0 Å². The van der Waals surface area contributed by atoms with Crippen molar-refractivity contribution in [3.63, 3.8) is 0 Å². The number of rotatable bonds is 2. The van der Waals surface area contributed by atoms with Gasteiger partial charge in [0.2, 0.25) is 5.92 Å².